The summed E-state index contributed by atoms with van der Waals surface area (Å²) in [6.45, 7) is 6.22. The van der Waals surface area contributed by atoms with Gasteiger partial charge in [-0.1, -0.05) is 0 Å². The Hall–Kier alpha value is -1.33. The van der Waals surface area contributed by atoms with Gasteiger partial charge >= 0.3 is 0 Å². The lowest BCUT2D eigenvalue weighted by Crippen LogP contribution is -2.36. The number of aliphatic hydroxyl groups is 1. The molecule has 0 bridgehead atoms. The molecule has 1 aromatic heterocycles. The van der Waals surface area contributed by atoms with Crippen molar-refractivity contribution in [1.82, 2.24) is 14.4 Å². The second kappa shape index (κ2) is 6.21. The Morgan fingerprint density at radius 3 is 2.68 bits per heavy atom. The summed E-state index contributed by atoms with van der Waals surface area (Å²) < 4.78 is 1.94. The van der Waals surface area contributed by atoms with Crippen LogP contribution < -0.4 is 0 Å². The number of hydrogen-bond acceptors (Lipinski definition) is 3. The molecule has 1 fully saturated rings. The summed E-state index contributed by atoms with van der Waals surface area (Å²) >= 11 is 0. The Bertz CT molecular complexity index is 442. The third-order valence-corrected chi connectivity index (χ3v) is 3.88. The summed E-state index contributed by atoms with van der Waals surface area (Å²) in [5.74, 6) is 0.112. The molecule has 1 aromatic rings. The van der Waals surface area contributed by atoms with Gasteiger partial charge in [0.25, 0.3) is 5.91 Å². The van der Waals surface area contributed by atoms with E-state index >= 15 is 0 Å². The maximum atomic E-state index is 12.5. The Morgan fingerprint density at radius 1 is 1.26 bits per heavy atom. The third kappa shape index (κ3) is 3.16. The highest BCUT2D eigenvalue weighted by molar-refractivity contribution is 5.93. The first-order chi connectivity index (χ1) is 9.13. The van der Waals surface area contributed by atoms with Crippen molar-refractivity contribution in [2.45, 2.75) is 13.3 Å². The molecule has 1 amide bonds. The van der Waals surface area contributed by atoms with E-state index in [1.165, 1.54) is 0 Å². The Kier molecular flexibility index (Phi) is 4.61. The summed E-state index contributed by atoms with van der Waals surface area (Å²) in [6, 6.07) is 3.87. The minimum absolute atomic E-state index is 0.112. The molecule has 5 heteroatoms. The second-order valence-electron chi connectivity index (χ2n) is 5.13. The van der Waals surface area contributed by atoms with Crippen molar-refractivity contribution in [3.8, 4) is 0 Å². The third-order valence-electron chi connectivity index (χ3n) is 3.88. The highest BCUT2D eigenvalue weighted by atomic mass is 16.3. The molecule has 0 saturated carbocycles. The van der Waals surface area contributed by atoms with Crippen LogP contribution in [0.4, 0.5) is 0 Å². The zero-order valence-corrected chi connectivity index (χ0v) is 11.8. The van der Waals surface area contributed by atoms with E-state index in [9.17, 15) is 4.79 Å². The fraction of sp³-hybridized carbons (Fsp3) is 0.643. The van der Waals surface area contributed by atoms with Gasteiger partial charge in [-0.2, -0.15) is 0 Å². The molecule has 19 heavy (non-hydrogen) atoms. The maximum absolute atomic E-state index is 12.5. The van der Waals surface area contributed by atoms with Crippen LogP contribution in [0.15, 0.2) is 12.1 Å². The van der Waals surface area contributed by atoms with Crippen LogP contribution in [-0.4, -0.2) is 64.7 Å². The molecule has 0 radical (unpaired) electrons. The lowest BCUT2D eigenvalue weighted by atomic mass is 10.3. The smallest absolute Gasteiger partial charge is 0.270 e. The van der Waals surface area contributed by atoms with Gasteiger partial charge in [-0.3, -0.25) is 9.69 Å². The zero-order valence-electron chi connectivity index (χ0n) is 11.8. The molecular weight excluding hydrogens is 242 g/mol. The van der Waals surface area contributed by atoms with Crippen molar-refractivity contribution in [3.05, 3.63) is 23.5 Å². The number of amides is 1. The van der Waals surface area contributed by atoms with E-state index in [-0.39, 0.29) is 12.5 Å². The number of aryl methyl sites for hydroxylation is 1. The average molecular weight is 265 g/mol. The highest BCUT2D eigenvalue weighted by Gasteiger charge is 2.21. The van der Waals surface area contributed by atoms with Crippen LogP contribution >= 0.6 is 0 Å². The topological polar surface area (TPSA) is 48.7 Å². The summed E-state index contributed by atoms with van der Waals surface area (Å²) in [5.41, 5.74) is 1.85. The largest absolute Gasteiger partial charge is 0.395 e. The van der Waals surface area contributed by atoms with E-state index < -0.39 is 0 Å². The van der Waals surface area contributed by atoms with Gasteiger partial charge in [-0.25, -0.2) is 0 Å². The molecule has 0 unspecified atom stereocenters. The first-order valence-electron chi connectivity index (χ1n) is 6.88. The number of carbonyl (C=O) groups is 1. The van der Waals surface area contributed by atoms with Crippen LogP contribution in [0.25, 0.3) is 0 Å². The van der Waals surface area contributed by atoms with Gasteiger partial charge in [0.15, 0.2) is 0 Å². The first-order valence-corrected chi connectivity index (χ1v) is 6.88. The normalized spacial score (nSPS) is 17.5. The van der Waals surface area contributed by atoms with Crippen LogP contribution in [0.1, 0.15) is 22.6 Å². The highest BCUT2D eigenvalue weighted by Crippen LogP contribution is 2.11. The monoisotopic (exact) mass is 265 g/mol. The molecule has 0 spiro atoms. The van der Waals surface area contributed by atoms with Crippen molar-refractivity contribution in [2.75, 3.05) is 39.3 Å². The van der Waals surface area contributed by atoms with E-state index in [0.29, 0.717) is 6.54 Å². The Morgan fingerprint density at radius 2 is 2.05 bits per heavy atom. The van der Waals surface area contributed by atoms with Crippen LogP contribution in [0.5, 0.6) is 0 Å². The minimum atomic E-state index is 0.112. The molecule has 1 saturated heterocycles. The SMILES string of the molecule is Cc1ccc(C(=O)N2CCCN(CCO)CC2)n1C. The van der Waals surface area contributed by atoms with E-state index in [1.54, 1.807) is 0 Å². The van der Waals surface area contributed by atoms with Crippen molar-refractivity contribution >= 4 is 5.91 Å². The van der Waals surface area contributed by atoms with E-state index in [4.69, 9.17) is 5.11 Å². The second-order valence-corrected chi connectivity index (χ2v) is 5.13. The Balaban J connectivity index is 2.02. The molecule has 2 heterocycles. The molecule has 106 valence electrons. The lowest BCUT2D eigenvalue weighted by Gasteiger charge is -2.21. The molecular formula is C14H23N3O2. The first kappa shape index (κ1) is 14.1. The van der Waals surface area contributed by atoms with Gasteiger partial charge in [0, 0.05) is 38.9 Å². The van der Waals surface area contributed by atoms with Crippen LogP contribution in [-0.2, 0) is 7.05 Å². The zero-order chi connectivity index (χ0) is 13.8. The predicted octanol–water partition coefficient (Wildman–Crippen LogP) is 0.474. The van der Waals surface area contributed by atoms with Crippen molar-refractivity contribution < 1.29 is 9.90 Å². The maximum Gasteiger partial charge on any atom is 0.270 e. The fourth-order valence-electron chi connectivity index (χ4n) is 2.53. The summed E-state index contributed by atoms with van der Waals surface area (Å²) in [6.07, 6.45) is 0.967. The van der Waals surface area contributed by atoms with Gasteiger partial charge in [0.05, 0.1) is 6.61 Å². The summed E-state index contributed by atoms with van der Waals surface area (Å²) in [7, 11) is 1.93. The molecule has 2 rings (SSSR count). The molecule has 0 aromatic carbocycles. The fourth-order valence-corrected chi connectivity index (χ4v) is 2.53. The van der Waals surface area contributed by atoms with Crippen molar-refractivity contribution in [3.63, 3.8) is 0 Å². The van der Waals surface area contributed by atoms with Crippen molar-refractivity contribution in [2.24, 2.45) is 7.05 Å². The summed E-state index contributed by atoms with van der Waals surface area (Å²) in [4.78, 5) is 16.6. The number of aromatic nitrogens is 1. The van der Waals surface area contributed by atoms with Gasteiger partial charge < -0.3 is 14.6 Å². The minimum Gasteiger partial charge on any atom is -0.395 e. The quantitative estimate of drug-likeness (QED) is 0.864. The van der Waals surface area contributed by atoms with E-state index in [2.05, 4.69) is 4.90 Å². The molecule has 1 aliphatic rings. The molecule has 1 aliphatic heterocycles. The van der Waals surface area contributed by atoms with Crippen molar-refractivity contribution in [1.29, 1.82) is 0 Å². The average Bonchev–Trinajstić information content (AvgIpc) is 2.62. The lowest BCUT2D eigenvalue weighted by molar-refractivity contribution is 0.0750. The number of aliphatic hydroxyl groups excluding tert-OH is 1. The van der Waals surface area contributed by atoms with Gasteiger partial charge in [-0.15, -0.1) is 0 Å². The number of hydrogen-bond donors (Lipinski definition) is 1. The summed E-state index contributed by atoms with van der Waals surface area (Å²) in [5, 5.41) is 8.98. The van der Waals surface area contributed by atoms with Crippen LogP contribution in [0.2, 0.25) is 0 Å². The molecule has 0 aliphatic carbocycles. The van der Waals surface area contributed by atoms with Gasteiger partial charge in [0.2, 0.25) is 0 Å². The van der Waals surface area contributed by atoms with E-state index in [0.717, 1.165) is 44.0 Å². The number of β-amino-alcohol motifs (C(OH)–C–C–N with tert-alkyl or cyclic N) is 1. The van der Waals surface area contributed by atoms with Gasteiger partial charge in [-0.05, 0) is 32.0 Å². The van der Waals surface area contributed by atoms with Crippen LogP contribution in [0, 0.1) is 6.92 Å². The van der Waals surface area contributed by atoms with E-state index in [1.807, 2.05) is 35.6 Å². The van der Waals surface area contributed by atoms with Gasteiger partial charge in [0.1, 0.15) is 5.69 Å². The number of rotatable bonds is 3. The van der Waals surface area contributed by atoms with Crippen LogP contribution in [0.3, 0.4) is 0 Å². The molecule has 5 nitrogen and oxygen atoms in total. The predicted molar refractivity (Wildman–Crippen MR) is 74.2 cm³/mol. The number of carbonyl (C=O) groups excluding carboxylic acids is 1. The standard InChI is InChI=1S/C14H23N3O2/c1-12-4-5-13(15(12)2)14(19)17-7-3-6-16(8-9-17)10-11-18/h4-5,18H,3,6-11H2,1-2H3. The molecule has 1 N–H and O–H groups in total. The Labute approximate surface area is 114 Å². The molecule has 0 atom stereocenters. The number of nitrogens with zero attached hydrogens (tertiary/aromatic N) is 3.